The van der Waals surface area contributed by atoms with Gasteiger partial charge >= 0.3 is 0 Å². The third kappa shape index (κ3) is 3.02. The summed E-state index contributed by atoms with van der Waals surface area (Å²) in [5.41, 5.74) is 0.830. The van der Waals surface area contributed by atoms with Crippen LogP contribution in [-0.2, 0) is 0 Å². The molecule has 0 amide bonds. The lowest BCUT2D eigenvalue weighted by atomic mass is 10.0. The lowest BCUT2D eigenvalue weighted by Crippen LogP contribution is -2.12. The first-order valence-corrected chi connectivity index (χ1v) is 7.57. The number of benzene rings is 2. The van der Waals surface area contributed by atoms with E-state index in [1.807, 2.05) is 18.2 Å². The topological polar surface area (TPSA) is 21.3 Å². The van der Waals surface area contributed by atoms with Gasteiger partial charge < -0.3 is 10.1 Å². The molecule has 0 saturated carbocycles. The zero-order chi connectivity index (χ0) is 14.8. The van der Waals surface area contributed by atoms with Crippen molar-refractivity contribution in [3.05, 3.63) is 58.1 Å². The van der Waals surface area contributed by atoms with E-state index in [4.69, 9.17) is 4.74 Å². The number of halogens is 3. The van der Waals surface area contributed by atoms with Crippen molar-refractivity contribution >= 4 is 21.6 Å². The molecule has 1 N–H and O–H groups in total. The Hall–Kier alpha value is -1.62. The van der Waals surface area contributed by atoms with Crippen molar-refractivity contribution < 1.29 is 13.5 Å². The Labute approximate surface area is 130 Å². The highest BCUT2D eigenvalue weighted by Gasteiger charge is 2.22. The van der Waals surface area contributed by atoms with Crippen LogP contribution in [0.1, 0.15) is 24.4 Å². The van der Waals surface area contributed by atoms with Gasteiger partial charge in [0.25, 0.3) is 0 Å². The average Bonchev–Trinajstić information content (AvgIpc) is 2.65. The molecule has 21 heavy (non-hydrogen) atoms. The normalized spacial score (nSPS) is 17.6. The average molecular weight is 354 g/mol. The quantitative estimate of drug-likeness (QED) is 0.815. The van der Waals surface area contributed by atoms with E-state index in [1.54, 1.807) is 0 Å². The standard InChI is InChI=1S/C16H14BrF2NO/c17-10-6-7-11-14(5-2-8-21-15(11)9-10)20-16-12(18)3-1-4-13(16)19/h1,3-4,6-7,9,14,20H,2,5,8H2. The van der Waals surface area contributed by atoms with Crippen molar-refractivity contribution in [3.63, 3.8) is 0 Å². The second-order valence-corrected chi connectivity index (χ2v) is 5.88. The Kier molecular flexibility index (Phi) is 4.10. The van der Waals surface area contributed by atoms with Gasteiger partial charge in [-0.05, 0) is 37.1 Å². The number of hydrogen-bond donors (Lipinski definition) is 1. The highest BCUT2D eigenvalue weighted by atomic mass is 79.9. The molecule has 2 nitrogen and oxygen atoms in total. The summed E-state index contributed by atoms with van der Waals surface area (Å²) in [7, 11) is 0. The summed E-state index contributed by atoms with van der Waals surface area (Å²) in [5.74, 6) is -0.422. The summed E-state index contributed by atoms with van der Waals surface area (Å²) in [6.45, 7) is 0.599. The molecule has 1 unspecified atom stereocenters. The summed E-state index contributed by atoms with van der Waals surface area (Å²) in [5, 5.41) is 2.99. The van der Waals surface area contributed by atoms with Gasteiger partial charge in [-0.1, -0.05) is 28.1 Å². The van der Waals surface area contributed by atoms with E-state index in [-0.39, 0.29) is 11.7 Å². The summed E-state index contributed by atoms with van der Waals surface area (Å²) in [4.78, 5) is 0. The third-order valence-corrected chi connectivity index (χ3v) is 4.02. The van der Waals surface area contributed by atoms with E-state index < -0.39 is 11.6 Å². The molecule has 0 fully saturated rings. The number of para-hydroxylation sites is 1. The number of rotatable bonds is 2. The van der Waals surface area contributed by atoms with Gasteiger partial charge in [-0.3, -0.25) is 0 Å². The second-order valence-electron chi connectivity index (χ2n) is 4.97. The lowest BCUT2D eigenvalue weighted by Gasteiger charge is -2.20. The van der Waals surface area contributed by atoms with Gasteiger partial charge in [-0.25, -0.2) is 8.78 Å². The molecule has 0 aromatic heterocycles. The molecule has 0 saturated heterocycles. The monoisotopic (exact) mass is 353 g/mol. The van der Waals surface area contributed by atoms with Crippen molar-refractivity contribution in [1.82, 2.24) is 0 Å². The van der Waals surface area contributed by atoms with Crippen LogP contribution in [0.4, 0.5) is 14.5 Å². The Morgan fingerprint density at radius 1 is 1.14 bits per heavy atom. The SMILES string of the molecule is Fc1cccc(F)c1NC1CCCOc2cc(Br)ccc21. The van der Waals surface area contributed by atoms with Gasteiger partial charge in [-0.2, -0.15) is 0 Å². The highest BCUT2D eigenvalue weighted by molar-refractivity contribution is 9.10. The Balaban J connectivity index is 1.96. The van der Waals surface area contributed by atoms with Crippen molar-refractivity contribution in [2.24, 2.45) is 0 Å². The van der Waals surface area contributed by atoms with E-state index in [0.29, 0.717) is 6.61 Å². The van der Waals surface area contributed by atoms with Crippen molar-refractivity contribution in [1.29, 1.82) is 0 Å². The second kappa shape index (κ2) is 6.02. The van der Waals surface area contributed by atoms with Gasteiger partial charge in [0.15, 0.2) is 0 Å². The molecule has 2 aromatic rings. The Morgan fingerprint density at radius 2 is 1.90 bits per heavy atom. The van der Waals surface area contributed by atoms with Crippen LogP contribution in [0.15, 0.2) is 40.9 Å². The maximum absolute atomic E-state index is 13.8. The van der Waals surface area contributed by atoms with Crippen molar-refractivity contribution in [2.75, 3.05) is 11.9 Å². The minimum Gasteiger partial charge on any atom is -0.493 e. The molecule has 0 spiro atoms. The van der Waals surface area contributed by atoms with Crippen LogP contribution in [0.5, 0.6) is 5.75 Å². The molecular weight excluding hydrogens is 340 g/mol. The molecule has 1 heterocycles. The number of fused-ring (bicyclic) bond motifs is 1. The minimum atomic E-state index is -0.584. The molecule has 1 aliphatic heterocycles. The summed E-state index contributed by atoms with van der Waals surface area (Å²) in [6, 6.07) is 9.38. The first-order valence-electron chi connectivity index (χ1n) is 6.78. The fraction of sp³-hybridized carbons (Fsp3) is 0.250. The molecule has 1 aliphatic rings. The van der Waals surface area contributed by atoms with Crippen molar-refractivity contribution in [2.45, 2.75) is 18.9 Å². The fourth-order valence-corrected chi connectivity index (χ4v) is 2.85. The zero-order valence-electron chi connectivity index (χ0n) is 11.2. The number of anilines is 1. The summed E-state index contributed by atoms with van der Waals surface area (Å²) in [6.07, 6.45) is 1.57. The van der Waals surface area contributed by atoms with E-state index in [2.05, 4.69) is 21.2 Å². The van der Waals surface area contributed by atoms with Crippen LogP contribution in [0, 0.1) is 11.6 Å². The smallest absolute Gasteiger partial charge is 0.149 e. The fourth-order valence-electron chi connectivity index (χ4n) is 2.51. The third-order valence-electron chi connectivity index (χ3n) is 3.53. The first kappa shape index (κ1) is 14.3. The van der Waals surface area contributed by atoms with Crippen molar-refractivity contribution in [3.8, 4) is 5.75 Å². The zero-order valence-corrected chi connectivity index (χ0v) is 12.8. The van der Waals surface area contributed by atoms with E-state index >= 15 is 0 Å². The van der Waals surface area contributed by atoms with E-state index in [0.717, 1.165) is 28.6 Å². The van der Waals surface area contributed by atoms with E-state index in [1.165, 1.54) is 18.2 Å². The van der Waals surface area contributed by atoms with Crippen LogP contribution in [0.2, 0.25) is 0 Å². The van der Waals surface area contributed by atoms with Crippen LogP contribution in [0.3, 0.4) is 0 Å². The highest BCUT2D eigenvalue weighted by Crippen LogP contribution is 2.36. The van der Waals surface area contributed by atoms with Crippen LogP contribution in [0.25, 0.3) is 0 Å². The molecule has 0 aliphatic carbocycles. The molecule has 110 valence electrons. The maximum Gasteiger partial charge on any atom is 0.149 e. The first-order chi connectivity index (χ1) is 10.1. The Bertz CT molecular complexity index is 642. The van der Waals surface area contributed by atoms with Crippen LogP contribution >= 0.6 is 15.9 Å². The largest absolute Gasteiger partial charge is 0.493 e. The summed E-state index contributed by atoms with van der Waals surface area (Å²) < 4.78 is 34.2. The molecule has 3 rings (SSSR count). The van der Waals surface area contributed by atoms with Gasteiger partial charge in [0.1, 0.15) is 23.1 Å². The van der Waals surface area contributed by atoms with Gasteiger partial charge in [0, 0.05) is 10.0 Å². The van der Waals surface area contributed by atoms with E-state index in [9.17, 15) is 8.78 Å². The summed E-state index contributed by atoms with van der Waals surface area (Å²) >= 11 is 3.41. The lowest BCUT2D eigenvalue weighted by molar-refractivity contribution is 0.316. The van der Waals surface area contributed by atoms with Gasteiger partial charge in [0.05, 0.1) is 12.6 Å². The molecule has 5 heteroatoms. The van der Waals surface area contributed by atoms with Crippen LogP contribution < -0.4 is 10.1 Å². The number of hydrogen-bond acceptors (Lipinski definition) is 2. The molecule has 0 radical (unpaired) electrons. The number of nitrogens with one attached hydrogen (secondary N) is 1. The molecule has 2 aromatic carbocycles. The minimum absolute atomic E-state index is 0.0849. The predicted molar refractivity (Wildman–Crippen MR) is 81.6 cm³/mol. The van der Waals surface area contributed by atoms with Gasteiger partial charge in [0.2, 0.25) is 0 Å². The van der Waals surface area contributed by atoms with Crippen LogP contribution in [-0.4, -0.2) is 6.61 Å². The Morgan fingerprint density at radius 3 is 2.67 bits per heavy atom. The predicted octanol–water partition coefficient (Wildman–Crippen LogP) is 5.05. The maximum atomic E-state index is 13.8. The molecule has 0 bridgehead atoms. The number of ether oxygens (including phenoxy) is 1. The molecule has 1 atom stereocenters. The van der Waals surface area contributed by atoms with Gasteiger partial charge in [-0.15, -0.1) is 0 Å². The molecular formula is C16H14BrF2NO.